The van der Waals surface area contributed by atoms with Crippen molar-refractivity contribution in [3.05, 3.63) is 65.9 Å². The minimum Gasteiger partial charge on any atom is -0.103 e. The van der Waals surface area contributed by atoms with Crippen LogP contribution in [0.25, 0.3) is 28.1 Å². The van der Waals surface area contributed by atoms with Crippen molar-refractivity contribution in [1.82, 2.24) is 0 Å². The van der Waals surface area contributed by atoms with E-state index in [4.69, 9.17) is 0 Å². The Balaban J connectivity index is 0.000000361. The van der Waals surface area contributed by atoms with Gasteiger partial charge in [0.1, 0.15) is 0 Å². The van der Waals surface area contributed by atoms with Gasteiger partial charge in [0.25, 0.3) is 0 Å². The van der Waals surface area contributed by atoms with Crippen molar-refractivity contribution >= 4 is 28.1 Å². The van der Waals surface area contributed by atoms with Crippen molar-refractivity contribution in [3.63, 3.8) is 0 Å². The first kappa shape index (κ1) is 15.3. The van der Waals surface area contributed by atoms with Crippen LogP contribution < -0.4 is 5.22 Å². The van der Waals surface area contributed by atoms with Crippen LogP contribution >= 0.6 is 0 Å². The first-order valence-corrected chi connectivity index (χ1v) is 7.75. The van der Waals surface area contributed by atoms with E-state index in [-0.39, 0.29) is 0 Å². The first-order chi connectivity index (χ1) is 10.2. The van der Waals surface area contributed by atoms with Crippen molar-refractivity contribution in [2.24, 2.45) is 0 Å². The van der Waals surface area contributed by atoms with Crippen molar-refractivity contribution in [1.29, 1.82) is 0 Å². The highest BCUT2D eigenvalue weighted by atomic mass is 14.1. The normalized spacial score (nSPS) is 10.4. The molecule has 0 heterocycles. The van der Waals surface area contributed by atoms with Crippen LogP contribution in [0.4, 0.5) is 0 Å². The molecule has 0 unspecified atom stereocenters. The summed E-state index contributed by atoms with van der Waals surface area (Å²) in [5, 5.41) is 6.53. The molecule has 0 N–H and O–H groups in total. The summed E-state index contributed by atoms with van der Waals surface area (Å²) in [6, 6.07) is 15.3. The Morgan fingerprint density at radius 3 is 2.24 bits per heavy atom. The lowest BCUT2D eigenvalue weighted by Crippen LogP contribution is -2.08. The molecule has 3 rings (SSSR count). The number of hydrogen-bond donors (Lipinski definition) is 0. The largest absolute Gasteiger partial charge is 0.103 e. The lowest BCUT2D eigenvalue weighted by atomic mass is 9.95. The summed E-state index contributed by atoms with van der Waals surface area (Å²) in [5.74, 6) is 0. The molecule has 0 heteroatoms. The molecule has 0 aliphatic rings. The van der Waals surface area contributed by atoms with Gasteiger partial charge in [0.15, 0.2) is 0 Å². The predicted octanol–water partition coefficient (Wildman–Crippen LogP) is 5.66. The minimum absolute atomic E-state index is 1.08. The monoisotopic (exact) mass is 276 g/mol. The molecule has 0 amide bonds. The third-order valence-electron chi connectivity index (χ3n) is 3.79. The van der Waals surface area contributed by atoms with Gasteiger partial charge < -0.3 is 0 Å². The summed E-state index contributed by atoms with van der Waals surface area (Å²) >= 11 is 0. The number of aryl methyl sites for hydroxylation is 1. The van der Waals surface area contributed by atoms with Crippen LogP contribution in [0.5, 0.6) is 0 Å². The zero-order valence-corrected chi connectivity index (χ0v) is 13.2. The van der Waals surface area contributed by atoms with Gasteiger partial charge in [-0.1, -0.05) is 75.4 Å². The van der Waals surface area contributed by atoms with Gasteiger partial charge in [-0.3, -0.25) is 0 Å². The van der Waals surface area contributed by atoms with Crippen molar-refractivity contribution in [2.45, 2.75) is 33.1 Å². The molecule has 0 spiro atoms. The molecule has 0 radical (unpaired) electrons. The summed E-state index contributed by atoms with van der Waals surface area (Å²) in [5.41, 5.74) is 1.39. The highest BCUT2D eigenvalue weighted by molar-refractivity contribution is 6.10. The lowest BCUT2D eigenvalue weighted by Gasteiger charge is -2.09. The Morgan fingerprint density at radius 2 is 1.62 bits per heavy atom. The Hall–Kier alpha value is -2.08. The van der Waals surface area contributed by atoms with E-state index in [0.29, 0.717) is 0 Å². The molecule has 108 valence electrons. The molecule has 0 nitrogen and oxygen atoms in total. The number of allylic oxidation sites excluding steroid dienone is 1. The van der Waals surface area contributed by atoms with E-state index in [1.807, 2.05) is 6.08 Å². The average Bonchev–Trinajstić information content (AvgIpc) is 2.53. The van der Waals surface area contributed by atoms with E-state index >= 15 is 0 Å². The highest BCUT2D eigenvalue weighted by Gasteiger charge is 2.05. The number of hydrogen-bond acceptors (Lipinski definition) is 0. The molecule has 0 aliphatic carbocycles. The Kier molecular flexibility index (Phi) is 5.16. The summed E-state index contributed by atoms with van der Waals surface area (Å²) in [4.78, 5) is 0. The standard InChI is InChI=1S/C17H16.C4H8/c1-3-6-14-11-15-9-4-7-13-8-5-10-16(12(14)2)17(13)15;1-3-4-2/h4-5,7-11H,2-3,6H2,1H3;3H,1,4H2,2H3. The van der Waals surface area contributed by atoms with Crippen LogP contribution in [0.2, 0.25) is 0 Å². The molecular formula is C21H24. The lowest BCUT2D eigenvalue weighted by molar-refractivity contribution is 0.919. The van der Waals surface area contributed by atoms with E-state index in [1.54, 1.807) is 0 Å². The van der Waals surface area contributed by atoms with Gasteiger partial charge in [0.2, 0.25) is 0 Å². The molecule has 0 atom stereocenters. The SMILES string of the molecule is C=CCC.C=c1c(CCC)cc2cccc3cccc1c32. The highest BCUT2D eigenvalue weighted by Crippen LogP contribution is 2.25. The van der Waals surface area contributed by atoms with E-state index in [2.05, 4.69) is 69.5 Å². The second-order valence-electron chi connectivity index (χ2n) is 5.35. The van der Waals surface area contributed by atoms with E-state index in [0.717, 1.165) is 12.8 Å². The summed E-state index contributed by atoms with van der Waals surface area (Å²) < 4.78 is 0. The molecule has 0 bridgehead atoms. The number of rotatable bonds is 3. The topological polar surface area (TPSA) is 0 Å². The smallest absolute Gasteiger partial charge is 0.00329 e. The Morgan fingerprint density at radius 1 is 1.00 bits per heavy atom. The summed E-state index contributed by atoms with van der Waals surface area (Å²) in [6.45, 7) is 12.0. The van der Waals surface area contributed by atoms with Gasteiger partial charge in [-0.15, -0.1) is 6.58 Å². The summed E-state index contributed by atoms with van der Waals surface area (Å²) in [7, 11) is 0. The maximum Gasteiger partial charge on any atom is -0.00329 e. The Bertz CT molecular complexity index is 775. The van der Waals surface area contributed by atoms with E-state index in [1.165, 1.54) is 38.7 Å². The zero-order valence-electron chi connectivity index (χ0n) is 13.2. The van der Waals surface area contributed by atoms with Crippen molar-refractivity contribution < 1.29 is 0 Å². The molecule has 0 aromatic heterocycles. The van der Waals surface area contributed by atoms with Crippen molar-refractivity contribution in [3.8, 4) is 0 Å². The Labute approximate surface area is 127 Å². The van der Waals surface area contributed by atoms with E-state index in [9.17, 15) is 0 Å². The molecule has 3 aromatic rings. The van der Waals surface area contributed by atoms with Crippen LogP contribution in [0, 0.1) is 0 Å². The minimum atomic E-state index is 1.08. The van der Waals surface area contributed by atoms with Crippen LogP contribution in [-0.4, -0.2) is 0 Å². The maximum absolute atomic E-state index is 4.27. The first-order valence-electron chi connectivity index (χ1n) is 7.75. The van der Waals surface area contributed by atoms with Crippen LogP contribution in [0.15, 0.2) is 55.1 Å². The van der Waals surface area contributed by atoms with Crippen LogP contribution in [0.3, 0.4) is 0 Å². The zero-order chi connectivity index (χ0) is 15.2. The second-order valence-corrected chi connectivity index (χ2v) is 5.35. The molecule has 0 aliphatic heterocycles. The molecule has 21 heavy (non-hydrogen) atoms. The molecule has 0 saturated heterocycles. The predicted molar refractivity (Wildman–Crippen MR) is 96.7 cm³/mol. The van der Waals surface area contributed by atoms with Crippen molar-refractivity contribution in [2.75, 3.05) is 0 Å². The average molecular weight is 276 g/mol. The van der Waals surface area contributed by atoms with Gasteiger partial charge in [-0.2, -0.15) is 0 Å². The summed E-state index contributed by atoms with van der Waals surface area (Å²) in [6.07, 6.45) is 5.24. The molecule has 0 fully saturated rings. The molecular weight excluding hydrogens is 252 g/mol. The van der Waals surface area contributed by atoms with Gasteiger partial charge in [0, 0.05) is 0 Å². The third kappa shape index (κ3) is 3.16. The van der Waals surface area contributed by atoms with Gasteiger partial charge in [0.05, 0.1) is 0 Å². The molecule has 0 saturated carbocycles. The van der Waals surface area contributed by atoms with Crippen LogP contribution in [-0.2, 0) is 6.42 Å². The van der Waals surface area contributed by atoms with Gasteiger partial charge >= 0.3 is 0 Å². The fourth-order valence-corrected chi connectivity index (χ4v) is 2.68. The van der Waals surface area contributed by atoms with Gasteiger partial charge in [-0.05, 0) is 45.2 Å². The molecule has 3 aromatic carbocycles. The third-order valence-corrected chi connectivity index (χ3v) is 3.79. The fraction of sp³-hybridized carbons (Fsp3) is 0.238. The van der Waals surface area contributed by atoms with E-state index < -0.39 is 0 Å². The quantitative estimate of drug-likeness (QED) is 0.542. The van der Waals surface area contributed by atoms with Crippen LogP contribution in [0.1, 0.15) is 32.3 Å². The van der Waals surface area contributed by atoms with Gasteiger partial charge in [-0.25, -0.2) is 0 Å². The number of benzene rings is 3. The maximum atomic E-state index is 4.27. The fourth-order valence-electron chi connectivity index (χ4n) is 2.68. The second kappa shape index (κ2) is 7.08.